The Bertz CT molecular complexity index is 194. The van der Waals surface area contributed by atoms with Crippen LogP contribution in [0, 0.1) is 11.3 Å². The summed E-state index contributed by atoms with van der Waals surface area (Å²) < 4.78 is 5.51. The summed E-state index contributed by atoms with van der Waals surface area (Å²) in [5.41, 5.74) is 0.374. The van der Waals surface area contributed by atoms with Crippen LogP contribution in [0.3, 0.4) is 0 Å². The molecule has 1 atom stereocenters. The zero-order valence-electron chi connectivity index (χ0n) is 13.0. The maximum atomic E-state index is 5.51. The highest BCUT2D eigenvalue weighted by Crippen LogP contribution is 2.31. The minimum atomic E-state index is 0.00819. The first-order valence-corrected chi connectivity index (χ1v) is 6.99. The predicted molar refractivity (Wildman–Crippen MR) is 76.4 cm³/mol. The van der Waals surface area contributed by atoms with Crippen molar-refractivity contribution in [1.82, 2.24) is 5.32 Å². The van der Waals surface area contributed by atoms with Crippen LogP contribution in [0.2, 0.25) is 0 Å². The van der Waals surface area contributed by atoms with Crippen molar-refractivity contribution < 1.29 is 4.74 Å². The van der Waals surface area contributed by atoms with E-state index in [1.807, 2.05) is 0 Å². The van der Waals surface area contributed by atoms with Gasteiger partial charge in [-0.25, -0.2) is 0 Å². The van der Waals surface area contributed by atoms with Gasteiger partial charge in [-0.05, 0) is 57.5 Å². The fraction of sp³-hybridized carbons (Fsp3) is 1.00. The Morgan fingerprint density at radius 3 is 2.12 bits per heavy atom. The van der Waals surface area contributed by atoms with E-state index in [2.05, 4.69) is 46.9 Å². The molecular formula is C15H33NO. The lowest BCUT2D eigenvalue weighted by Gasteiger charge is -2.34. The molecule has 0 aliphatic heterocycles. The highest BCUT2D eigenvalue weighted by Gasteiger charge is 2.27. The van der Waals surface area contributed by atoms with E-state index in [4.69, 9.17) is 4.74 Å². The fourth-order valence-corrected chi connectivity index (χ4v) is 1.92. The third-order valence-electron chi connectivity index (χ3n) is 3.69. The summed E-state index contributed by atoms with van der Waals surface area (Å²) >= 11 is 0. The van der Waals surface area contributed by atoms with Crippen molar-refractivity contribution in [3.8, 4) is 0 Å². The molecule has 0 fully saturated rings. The Kier molecular flexibility index (Phi) is 7.34. The van der Waals surface area contributed by atoms with Gasteiger partial charge in [0.15, 0.2) is 0 Å². The van der Waals surface area contributed by atoms with Gasteiger partial charge in [-0.1, -0.05) is 27.7 Å². The standard InChI is InChI=1S/C15H33NO/c1-8-11-16-12-13(14(2,3)4)9-10-15(5,6)17-7/h13,16H,8-12H2,1-7H3. The Morgan fingerprint density at radius 2 is 1.71 bits per heavy atom. The van der Waals surface area contributed by atoms with Gasteiger partial charge in [0.2, 0.25) is 0 Å². The lowest BCUT2D eigenvalue weighted by atomic mass is 9.76. The molecule has 0 saturated heterocycles. The molecular weight excluding hydrogens is 210 g/mol. The first-order chi connectivity index (χ1) is 7.73. The van der Waals surface area contributed by atoms with Crippen LogP contribution in [0.4, 0.5) is 0 Å². The molecule has 0 aromatic rings. The van der Waals surface area contributed by atoms with Crippen LogP contribution in [0.5, 0.6) is 0 Å². The van der Waals surface area contributed by atoms with E-state index in [-0.39, 0.29) is 5.60 Å². The van der Waals surface area contributed by atoms with Crippen molar-refractivity contribution in [3.05, 3.63) is 0 Å². The van der Waals surface area contributed by atoms with E-state index >= 15 is 0 Å². The average Bonchev–Trinajstić information content (AvgIpc) is 2.21. The van der Waals surface area contributed by atoms with Gasteiger partial charge in [0, 0.05) is 7.11 Å². The van der Waals surface area contributed by atoms with Gasteiger partial charge < -0.3 is 10.1 Å². The fourth-order valence-electron chi connectivity index (χ4n) is 1.92. The monoisotopic (exact) mass is 243 g/mol. The molecule has 0 aliphatic rings. The van der Waals surface area contributed by atoms with Gasteiger partial charge >= 0.3 is 0 Å². The van der Waals surface area contributed by atoms with Crippen molar-refractivity contribution >= 4 is 0 Å². The Hall–Kier alpha value is -0.0800. The number of methoxy groups -OCH3 is 1. The van der Waals surface area contributed by atoms with Gasteiger partial charge in [-0.2, -0.15) is 0 Å². The molecule has 17 heavy (non-hydrogen) atoms. The molecule has 0 spiro atoms. The normalized spacial score (nSPS) is 15.0. The Labute approximate surface area is 109 Å². The van der Waals surface area contributed by atoms with E-state index in [1.54, 1.807) is 7.11 Å². The quantitative estimate of drug-likeness (QED) is 0.654. The summed E-state index contributed by atoms with van der Waals surface area (Å²) in [6, 6.07) is 0. The minimum Gasteiger partial charge on any atom is -0.379 e. The summed E-state index contributed by atoms with van der Waals surface area (Å²) in [6.07, 6.45) is 3.56. The minimum absolute atomic E-state index is 0.00819. The molecule has 0 aromatic heterocycles. The second kappa shape index (κ2) is 7.38. The van der Waals surface area contributed by atoms with Crippen LogP contribution in [-0.2, 0) is 4.74 Å². The second-order valence-electron chi connectivity index (χ2n) is 6.77. The van der Waals surface area contributed by atoms with E-state index in [9.17, 15) is 0 Å². The molecule has 0 rings (SSSR count). The van der Waals surface area contributed by atoms with Crippen LogP contribution in [0.1, 0.15) is 60.8 Å². The number of hydrogen-bond donors (Lipinski definition) is 1. The van der Waals surface area contributed by atoms with E-state index in [1.165, 1.54) is 12.8 Å². The third kappa shape index (κ3) is 7.77. The molecule has 0 aromatic carbocycles. The maximum Gasteiger partial charge on any atom is 0.0622 e. The molecule has 0 bridgehead atoms. The molecule has 0 aliphatic carbocycles. The number of nitrogens with one attached hydrogen (secondary N) is 1. The first kappa shape index (κ1) is 16.9. The van der Waals surface area contributed by atoms with Crippen molar-refractivity contribution in [3.63, 3.8) is 0 Å². The second-order valence-corrected chi connectivity index (χ2v) is 6.77. The average molecular weight is 243 g/mol. The van der Waals surface area contributed by atoms with Gasteiger partial charge in [-0.15, -0.1) is 0 Å². The molecule has 1 N–H and O–H groups in total. The van der Waals surface area contributed by atoms with E-state index in [0.29, 0.717) is 11.3 Å². The van der Waals surface area contributed by atoms with Crippen LogP contribution >= 0.6 is 0 Å². The molecule has 0 heterocycles. The van der Waals surface area contributed by atoms with Gasteiger partial charge in [0.25, 0.3) is 0 Å². The molecule has 104 valence electrons. The van der Waals surface area contributed by atoms with Crippen LogP contribution < -0.4 is 5.32 Å². The lowest BCUT2D eigenvalue weighted by molar-refractivity contribution is 0.00579. The van der Waals surface area contributed by atoms with Gasteiger partial charge in [-0.3, -0.25) is 0 Å². The summed E-state index contributed by atoms with van der Waals surface area (Å²) in [5.74, 6) is 0.712. The molecule has 1 unspecified atom stereocenters. The van der Waals surface area contributed by atoms with Crippen molar-refractivity contribution in [2.45, 2.75) is 66.4 Å². The van der Waals surface area contributed by atoms with Gasteiger partial charge in [0.05, 0.1) is 5.60 Å². The lowest BCUT2D eigenvalue weighted by Crippen LogP contribution is -2.34. The summed E-state index contributed by atoms with van der Waals surface area (Å²) in [4.78, 5) is 0. The smallest absolute Gasteiger partial charge is 0.0622 e. The largest absolute Gasteiger partial charge is 0.379 e. The SMILES string of the molecule is CCCNCC(CCC(C)(C)OC)C(C)(C)C. The van der Waals surface area contributed by atoms with Crippen LogP contribution in [0.15, 0.2) is 0 Å². The maximum absolute atomic E-state index is 5.51. The molecule has 0 amide bonds. The van der Waals surface area contributed by atoms with Crippen molar-refractivity contribution in [2.24, 2.45) is 11.3 Å². The van der Waals surface area contributed by atoms with E-state index < -0.39 is 0 Å². The first-order valence-electron chi connectivity index (χ1n) is 6.99. The van der Waals surface area contributed by atoms with Gasteiger partial charge in [0.1, 0.15) is 0 Å². The van der Waals surface area contributed by atoms with Crippen molar-refractivity contribution in [2.75, 3.05) is 20.2 Å². The Morgan fingerprint density at radius 1 is 1.12 bits per heavy atom. The summed E-state index contributed by atoms with van der Waals surface area (Å²) in [7, 11) is 1.81. The summed E-state index contributed by atoms with van der Waals surface area (Å²) in [6.45, 7) is 15.8. The molecule has 2 heteroatoms. The molecule has 0 saturated carbocycles. The molecule has 0 radical (unpaired) electrons. The number of rotatable bonds is 8. The number of ether oxygens (including phenoxy) is 1. The Balaban J connectivity index is 4.21. The van der Waals surface area contributed by atoms with Crippen LogP contribution in [-0.4, -0.2) is 25.8 Å². The van der Waals surface area contributed by atoms with Crippen molar-refractivity contribution in [1.29, 1.82) is 0 Å². The van der Waals surface area contributed by atoms with Crippen LogP contribution in [0.25, 0.3) is 0 Å². The predicted octanol–water partition coefficient (Wildman–Crippen LogP) is 3.85. The topological polar surface area (TPSA) is 21.3 Å². The zero-order valence-corrected chi connectivity index (χ0v) is 13.0. The van der Waals surface area contributed by atoms with E-state index in [0.717, 1.165) is 19.5 Å². The molecule has 2 nitrogen and oxygen atoms in total. The highest BCUT2D eigenvalue weighted by molar-refractivity contribution is 4.79. The summed E-state index contributed by atoms with van der Waals surface area (Å²) in [5, 5.41) is 3.56. The highest BCUT2D eigenvalue weighted by atomic mass is 16.5. The zero-order chi connectivity index (χ0) is 13.5. The number of hydrogen-bond acceptors (Lipinski definition) is 2. The third-order valence-corrected chi connectivity index (χ3v) is 3.69.